The summed E-state index contributed by atoms with van der Waals surface area (Å²) in [5.41, 5.74) is 2.44. The van der Waals surface area contributed by atoms with Crippen LogP contribution in [0.4, 0.5) is 10.5 Å². The summed E-state index contributed by atoms with van der Waals surface area (Å²) in [6.07, 6.45) is -0.199. The maximum absolute atomic E-state index is 11.9. The smallest absolute Gasteiger partial charge is 0.411 e. The molecule has 0 aliphatic rings. The lowest BCUT2D eigenvalue weighted by Crippen LogP contribution is -2.32. The summed E-state index contributed by atoms with van der Waals surface area (Å²) in [5.74, 6) is -0.0187. The number of nitrogens with one attached hydrogen (secondary N) is 2. The molecule has 2 amide bonds. The van der Waals surface area contributed by atoms with E-state index in [2.05, 4.69) is 10.6 Å². The predicted molar refractivity (Wildman–Crippen MR) is 102 cm³/mol. The van der Waals surface area contributed by atoms with Crippen LogP contribution in [0, 0.1) is 0 Å². The van der Waals surface area contributed by atoms with Crippen molar-refractivity contribution in [3.63, 3.8) is 0 Å². The molecular weight excluding hydrogens is 330 g/mol. The maximum Gasteiger partial charge on any atom is 0.411 e. The molecule has 2 N–H and O–H groups in total. The van der Waals surface area contributed by atoms with Gasteiger partial charge < -0.3 is 15.0 Å². The number of hydrogen-bond donors (Lipinski definition) is 2. The number of carbonyl (C=O) groups excluding carboxylic acids is 2. The molecule has 0 saturated heterocycles. The molecule has 0 heterocycles. The van der Waals surface area contributed by atoms with Gasteiger partial charge in [0, 0.05) is 18.8 Å². The summed E-state index contributed by atoms with van der Waals surface area (Å²) in [5, 5.41) is 5.54. The van der Waals surface area contributed by atoms with Gasteiger partial charge in [0.25, 0.3) is 0 Å². The fourth-order valence-electron chi connectivity index (χ4n) is 2.25. The molecule has 0 aromatic heterocycles. The van der Waals surface area contributed by atoms with Gasteiger partial charge >= 0.3 is 6.09 Å². The van der Waals surface area contributed by atoms with E-state index < -0.39 is 6.09 Å². The second-order valence-electron chi connectivity index (χ2n) is 6.21. The van der Waals surface area contributed by atoms with Gasteiger partial charge in [-0.3, -0.25) is 10.1 Å². The van der Waals surface area contributed by atoms with Crippen LogP contribution < -0.4 is 10.6 Å². The second kappa shape index (κ2) is 10.2. The fourth-order valence-corrected chi connectivity index (χ4v) is 2.25. The van der Waals surface area contributed by atoms with Crippen LogP contribution in [0.2, 0.25) is 0 Å². The minimum Gasteiger partial charge on any atom is -0.444 e. The highest BCUT2D eigenvalue weighted by Crippen LogP contribution is 2.11. The van der Waals surface area contributed by atoms with Crippen molar-refractivity contribution in [2.24, 2.45) is 0 Å². The molecule has 0 saturated carbocycles. The Labute approximate surface area is 154 Å². The summed E-state index contributed by atoms with van der Waals surface area (Å²) in [6.45, 7) is 1.65. The Morgan fingerprint density at radius 3 is 2.31 bits per heavy atom. The topological polar surface area (TPSA) is 70.7 Å². The first-order valence-corrected chi connectivity index (χ1v) is 8.51. The molecule has 0 bridgehead atoms. The number of rotatable bonds is 8. The van der Waals surface area contributed by atoms with Gasteiger partial charge in [-0.05, 0) is 37.4 Å². The van der Waals surface area contributed by atoms with E-state index in [0.717, 1.165) is 17.7 Å². The molecule has 6 heteroatoms. The van der Waals surface area contributed by atoms with Crippen molar-refractivity contribution in [3.8, 4) is 0 Å². The summed E-state index contributed by atoms with van der Waals surface area (Å²) in [6, 6.07) is 16.6. The van der Waals surface area contributed by atoms with E-state index in [1.165, 1.54) is 0 Å². The molecule has 0 aliphatic carbocycles. The van der Waals surface area contributed by atoms with Gasteiger partial charge in [-0.2, -0.15) is 0 Å². The number of anilines is 1. The van der Waals surface area contributed by atoms with E-state index in [9.17, 15) is 9.59 Å². The standard InChI is InChI=1S/C20H25N3O3/c1-23(2)13-12-21-19(24)14-16-8-10-18(11-9-16)22-20(25)26-15-17-6-4-3-5-7-17/h3-11H,12-15H2,1-2H3,(H,21,24)(H,22,25). The third-order valence-corrected chi connectivity index (χ3v) is 3.66. The van der Waals surface area contributed by atoms with Crippen LogP contribution in [-0.4, -0.2) is 44.1 Å². The first kappa shape index (κ1) is 19.5. The lowest BCUT2D eigenvalue weighted by atomic mass is 10.1. The number of hydrogen-bond acceptors (Lipinski definition) is 4. The number of nitrogens with zero attached hydrogens (tertiary/aromatic N) is 1. The van der Waals surface area contributed by atoms with Crippen LogP contribution >= 0.6 is 0 Å². The fraction of sp³-hybridized carbons (Fsp3) is 0.300. The van der Waals surface area contributed by atoms with Crippen molar-refractivity contribution in [2.45, 2.75) is 13.0 Å². The summed E-state index contributed by atoms with van der Waals surface area (Å²) < 4.78 is 5.17. The van der Waals surface area contributed by atoms with Gasteiger partial charge in [0.2, 0.25) is 5.91 Å². The number of ether oxygens (including phenoxy) is 1. The molecular formula is C20H25N3O3. The number of carbonyl (C=O) groups is 2. The summed E-state index contributed by atoms with van der Waals surface area (Å²) in [7, 11) is 3.92. The lowest BCUT2D eigenvalue weighted by molar-refractivity contribution is -0.120. The molecule has 6 nitrogen and oxygen atoms in total. The Morgan fingerprint density at radius 1 is 0.962 bits per heavy atom. The van der Waals surface area contributed by atoms with Crippen molar-refractivity contribution in [1.29, 1.82) is 0 Å². The largest absolute Gasteiger partial charge is 0.444 e. The minimum atomic E-state index is -0.511. The highest BCUT2D eigenvalue weighted by Gasteiger charge is 2.06. The SMILES string of the molecule is CN(C)CCNC(=O)Cc1ccc(NC(=O)OCc2ccccc2)cc1. The molecule has 0 unspecified atom stereocenters. The quantitative estimate of drug-likeness (QED) is 0.764. The van der Waals surface area contributed by atoms with Gasteiger partial charge in [0.15, 0.2) is 0 Å². The highest BCUT2D eigenvalue weighted by molar-refractivity contribution is 5.84. The van der Waals surface area contributed by atoms with Crippen LogP contribution in [0.3, 0.4) is 0 Å². The number of benzene rings is 2. The van der Waals surface area contributed by atoms with Gasteiger partial charge in [0.1, 0.15) is 6.61 Å². The summed E-state index contributed by atoms with van der Waals surface area (Å²) in [4.78, 5) is 25.7. The molecule has 0 radical (unpaired) electrons. The van der Waals surface area contributed by atoms with Crippen LogP contribution in [0.15, 0.2) is 54.6 Å². The Hall–Kier alpha value is -2.86. The zero-order valence-corrected chi connectivity index (χ0v) is 15.2. The van der Waals surface area contributed by atoms with Gasteiger partial charge in [-0.25, -0.2) is 4.79 Å². The predicted octanol–water partition coefficient (Wildman–Crippen LogP) is 2.66. The Bertz CT molecular complexity index is 700. The van der Waals surface area contributed by atoms with Crippen LogP contribution in [-0.2, 0) is 22.6 Å². The molecule has 0 aliphatic heterocycles. The first-order valence-electron chi connectivity index (χ1n) is 8.51. The zero-order valence-electron chi connectivity index (χ0n) is 15.2. The molecule has 2 rings (SSSR count). The zero-order chi connectivity index (χ0) is 18.8. The van der Waals surface area contributed by atoms with Gasteiger partial charge in [-0.1, -0.05) is 42.5 Å². The molecule has 26 heavy (non-hydrogen) atoms. The second-order valence-corrected chi connectivity index (χ2v) is 6.21. The number of likely N-dealkylation sites (N-methyl/N-ethyl adjacent to an activating group) is 1. The third kappa shape index (κ3) is 7.36. The molecule has 2 aromatic carbocycles. The van der Waals surface area contributed by atoms with Crippen LogP contribution in [0.1, 0.15) is 11.1 Å². The van der Waals surface area contributed by atoms with Crippen molar-refractivity contribution in [3.05, 3.63) is 65.7 Å². The molecule has 0 spiro atoms. The highest BCUT2D eigenvalue weighted by atomic mass is 16.5. The van der Waals surface area contributed by atoms with E-state index in [1.54, 1.807) is 12.1 Å². The summed E-state index contributed by atoms with van der Waals surface area (Å²) >= 11 is 0. The van der Waals surface area contributed by atoms with Gasteiger partial charge in [0.05, 0.1) is 6.42 Å². The molecule has 0 fully saturated rings. The average molecular weight is 355 g/mol. The van der Waals surface area contributed by atoms with Crippen molar-refractivity contribution in [2.75, 3.05) is 32.5 Å². The molecule has 138 valence electrons. The third-order valence-electron chi connectivity index (χ3n) is 3.66. The van der Waals surface area contributed by atoms with Crippen LogP contribution in [0.5, 0.6) is 0 Å². The lowest BCUT2D eigenvalue weighted by Gasteiger charge is -2.11. The van der Waals surface area contributed by atoms with E-state index in [-0.39, 0.29) is 12.5 Å². The Balaban J connectivity index is 1.74. The first-order chi connectivity index (χ1) is 12.5. The normalized spacial score (nSPS) is 10.4. The van der Waals surface area contributed by atoms with Crippen molar-refractivity contribution in [1.82, 2.24) is 10.2 Å². The monoisotopic (exact) mass is 355 g/mol. The Morgan fingerprint density at radius 2 is 1.65 bits per heavy atom. The van der Waals surface area contributed by atoms with Crippen molar-refractivity contribution < 1.29 is 14.3 Å². The number of amides is 2. The van der Waals surface area contributed by atoms with Crippen LogP contribution in [0.25, 0.3) is 0 Å². The minimum absolute atomic E-state index is 0.0187. The van der Waals surface area contributed by atoms with E-state index >= 15 is 0 Å². The van der Waals surface area contributed by atoms with Gasteiger partial charge in [-0.15, -0.1) is 0 Å². The maximum atomic E-state index is 11.9. The van der Waals surface area contributed by atoms with E-state index in [0.29, 0.717) is 18.7 Å². The van der Waals surface area contributed by atoms with E-state index in [4.69, 9.17) is 4.74 Å². The molecule has 2 aromatic rings. The van der Waals surface area contributed by atoms with Crippen molar-refractivity contribution >= 4 is 17.7 Å². The van der Waals surface area contributed by atoms with E-state index in [1.807, 2.05) is 61.5 Å². The molecule has 0 atom stereocenters. The average Bonchev–Trinajstić information content (AvgIpc) is 2.62. The Kier molecular flexibility index (Phi) is 7.64.